The zero-order valence-corrected chi connectivity index (χ0v) is 13.2. The first-order chi connectivity index (χ1) is 10.4. The summed E-state index contributed by atoms with van der Waals surface area (Å²) < 4.78 is 0. The number of nitrogens with two attached hydrogens (primary N) is 1. The van der Waals surface area contributed by atoms with Crippen molar-refractivity contribution in [1.82, 2.24) is 16.0 Å². The summed E-state index contributed by atoms with van der Waals surface area (Å²) in [5, 5.41) is 13.5. The number of nitrogens with one attached hydrogen (secondary N) is 4. The second kappa shape index (κ2) is 12.7. The largest absolute Gasteiger partial charge is 0.389 e. The van der Waals surface area contributed by atoms with E-state index in [0.29, 0.717) is 12.2 Å². The zero-order chi connectivity index (χ0) is 15.2. The van der Waals surface area contributed by atoms with Crippen LogP contribution < -0.4 is 21.7 Å². The Hall–Kier alpha value is -0.980. The van der Waals surface area contributed by atoms with Crippen molar-refractivity contribution in [2.45, 2.75) is 51.0 Å². The molecule has 0 heterocycles. The van der Waals surface area contributed by atoms with E-state index < -0.39 is 0 Å². The Morgan fingerprint density at radius 2 is 1.81 bits per heavy atom. The number of hydrogen-bond donors (Lipinski definition) is 5. The minimum atomic E-state index is 0.308. The van der Waals surface area contributed by atoms with Crippen LogP contribution in [-0.2, 0) is 0 Å². The standard InChI is InChI=1S/C15H32N6/c16-12-15(21-17)13-19-10-4-8-18-9-5-11-20-14-6-2-1-3-7-14/h13-14,17-20H,1-12,16H2/b15-13-,21-17?. The van der Waals surface area contributed by atoms with Crippen LogP contribution in [0.5, 0.6) is 0 Å². The van der Waals surface area contributed by atoms with Crippen molar-refractivity contribution < 1.29 is 0 Å². The smallest absolute Gasteiger partial charge is 0.0915 e. The van der Waals surface area contributed by atoms with Gasteiger partial charge in [0.2, 0.25) is 0 Å². The van der Waals surface area contributed by atoms with E-state index in [-0.39, 0.29) is 0 Å². The van der Waals surface area contributed by atoms with Crippen molar-refractivity contribution in [3.8, 4) is 0 Å². The van der Waals surface area contributed by atoms with Crippen LogP contribution in [0.3, 0.4) is 0 Å². The van der Waals surface area contributed by atoms with E-state index in [2.05, 4.69) is 21.1 Å². The Morgan fingerprint density at radius 1 is 1.10 bits per heavy atom. The van der Waals surface area contributed by atoms with E-state index in [1.165, 1.54) is 38.5 Å². The van der Waals surface area contributed by atoms with Crippen molar-refractivity contribution in [3.05, 3.63) is 11.9 Å². The SMILES string of the molecule is N=N/C(=C\NCCCNCCCNC1CCCCC1)CN. The average Bonchev–Trinajstić information content (AvgIpc) is 2.54. The van der Waals surface area contributed by atoms with Crippen molar-refractivity contribution in [3.63, 3.8) is 0 Å². The van der Waals surface area contributed by atoms with Gasteiger partial charge in [0.15, 0.2) is 0 Å². The molecule has 0 aromatic heterocycles. The summed E-state index contributed by atoms with van der Waals surface area (Å²) in [6, 6.07) is 0.772. The summed E-state index contributed by atoms with van der Waals surface area (Å²) in [5.41, 5.74) is 12.8. The predicted octanol–water partition coefficient (Wildman–Crippen LogP) is 1.70. The fourth-order valence-electron chi connectivity index (χ4n) is 2.59. The molecule has 0 radical (unpaired) electrons. The van der Waals surface area contributed by atoms with Crippen LogP contribution in [0.2, 0.25) is 0 Å². The van der Waals surface area contributed by atoms with Crippen LogP contribution in [0.25, 0.3) is 0 Å². The highest BCUT2D eigenvalue weighted by Crippen LogP contribution is 2.16. The molecule has 122 valence electrons. The lowest BCUT2D eigenvalue weighted by atomic mass is 9.95. The highest BCUT2D eigenvalue weighted by molar-refractivity contribution is 4.97. The summed E-state index contributed by atoms with van der Waals surface area (Å²) in [6.07, 6.45) is 10.9. The average molecular weight is 296 g/mol. The maximum Gasteiger partial charge on any atom is 0.0915 e. The Kier molecular flexibility index (Phi) is 11.0. The molecular weight excluding hydrogens is 264 g/mol. The molecule has 1 aliphatic carbocycles. The lowest BCUT2D eigenvalue weighted by Gasteiger charge is -2.22. The normalized spacial score (nSPS) is 16.9. The van der Waals surface area contributed by atoms with Gasteiger partial charge in [-0.1, -0.05) is 19.3 Å². The van der Waals surface area contributed by atoms with Crippen molar-refractivity contribution in [2.24, 2.45) is 10.8 Å². The molecule has 0 saturated heterocycles. The minimum absolute atomic E-state index is 0.308. The van der Waals surface area contributed by atoms with Gasteiger partial charge < -0.3 is 21.7 Å². The van der Waals surface area contributed by atoms with Gasteiger partial charge in [-0.15, -0.1) is 0 Å². The third-order valence-corrected chi connectivity index (χ3v) is 3.86. The van der Waals surface area contributed by atoms with Gasteiger partial charge in [0.05, 0.1) is 5.70 Å². The maximum atomic E-state index is 6.86. The van der Waals surface area contributed by atoms with Crippen LogP contribution in [0.15, 0.2) is 17.0 Å². The molecule has 1 fully saturated rings. The summed E-state index contributed by atoms with van der Waals surface area (Å²) in [5.74, 6) is 0. The monoisotopic (exact) mass is 296 g/mol. The molecule has 1 rings (SSSR count). The molecule has 1 aliphatic rings. The van der Waals surface area contributed by atoms with Gasteiger partial charge in [0.25, 0.3) is 0 Å². The third kappa shape index (κ3) is 9.55. The number of hydrogen-bond acceptors (Lipinski definition) is 6. The van der Waals surface area contributed by atoms with Gasteiger partial charge in [-0.2, -0.15) is 5.11 Å². The quantitative estimate of drug-likeness (QED) is 0.280. The molecule has 0 unspecified atom stereocenters. The number of nitrogens with zero attached hydrogens (tertiary/aromatic N) is 1. The minimum Gasteiger partial charge on any atom is -0.389 e. The van der Waals surface area contributed by atoms with Gasteiger partial charge in [0, 0.05) is 25.3 Å². The molecule has 0 bridgehead atoms. The second-order valence-corrected chi connectivity index (χ2v) is 5.65. The second-order valence-electron chi connectivity index (χ2n) is 5.65. The van der Waals surface area contributed by atoms with Crippen molar-refractivity contribution >= 4 is 0 Å². The highest BCUT2D eigenvalue weighted by atomic mass is 15.0. The zero-order valence-electron chi connectivity index (χ0n) is 13.2. The van der Waals surface area contributed by atoms with Crippen LogP contribution >= 0.6 is 0 Å². The van der Waals surface area contributed by atoms with Gasteiger partial charge in [-0.3, -0.25) is 0 Å². The first-order valence-electron chi connectivity index (χ1n) is 8.31. The Bertz CT molecular complexity index is 286. The summed E-state index contributed by atoms with van der Waals surface area (Å²) >= 11 is 0. The van der Waals surface area contributed by atoms with E-state index >= 15 is 0 Å². The van der Waals surface area contributed by atoms with Crippen LogP contribution in [-0.4, -0.2) is 38.8 Å². The fourth-order valence-corrected chi connectivity index (χ4v) is 2.59. The molecule has 6 N–H and O–H groups in total. The van der Waals surface area contributed by atoms with Crippen LogP contribution in [0.1, 0.15) is 44.9 Å². The molecular formula is C15H32N6. The lowest BCUT2D eigenvalue weighted by Crippen LogP contribution is -2.33. The highest BCUT2D eigenvalue weighted by Gasteiger charge is 2.11. The number of rotatable bonds is 12. The molecule has 0 spiro atoms. The Labute approximate surface area is 128 Å². The first kappa shape index (κ1) is 18.1. The topological polar surface area (TPSA) is 98.3 Å². The Morgan fingerprint density at radius 3 is 2.48 bits per heavy atom. The fraction of sp³-hybridized carbons (Fsp3) is 0.867. The Balaban J connectivity index is 1.82. The van der Waals surface area contributed by atoms with Crippen LogP contribution in [0.4, 0.5) is 0 Å². The van der Waals surface area contributed by atoms with Gasteiger partial charge in [-0.05, 0) is 45.3 Å². The molecule has 0 atom stereocenters. The van der Waals surface area contributed by atoms with Gasteiger partial charge >= 0.3 is 0 Å². The van der Waals surface area contributed by atoms with E-state index in [1.54, 1.807) is 6.20 Å². The van der Waals surface area contributed by atoms with Crippen LogP contribution in [0, 0.1) is 5.53 Å². The van der Waals surface area contributed by atoms with Crippen molar-refractivity contribution in [2.75, 3.05) is 32.7 Å². The molecule has 0 aromatic carbocycles. The molecule has 1 saturated carbocycles. The third-order valence-electron chi connectivity index (χ3n) is 3.86. The first-order valence-corrected chi connectivity index (χ1v) is 8.31. The summed E-state index contributed by atoms with van der Waals surface area (Å²) in [4.78, 5) is 0. The molecule has 6 nitrogen and oxygen atoms in total. The molecule has 6 heteroatoms. The van der Waals surface area contributed by atoms with E-state index in [4.69, 9.17) is 11.3 Å². The van der Waals surface area contributed by atoms with E-state index in [1.807, 2.05) is 0 Å². The van der Waals surface area contributed by atoms with E-state index in [9.17, 15) is 0 Å². The lowest BCUT2D eigenvalue weighted by molar-refractivity contribution is 0.371. The molecule has 0 amide bonds. The van der Waals surface area contributed by atoms with Gasteiger partial charge in [0.1, 0.15) is 0 Å². The molecule has 21 heavy (non-hydrogen) atoms. The van der Waals surface area contributed by atoms with Gasteiger partial charge in [-0.25, -0.2) is 5.53 Å². The molecule has 0 aromatic rings. The van der Waals surface area contributed by atoms with E-state index in [0.717, 1.165) is 38.6 Å². The summed E-state index contributed by atoms with van der Waals surface area (Å²) in [6.45, 7) is 4.41. The maximum absolute atomic E-state index is 6.86. The van der Waals surface area contributed by atoms with Crippen molar-refractivity contribution in [1.29, 1.82) is 5.53 Å². The predicted molar refractivity (Wildman–Crippen MR) is 87.3 cm³/mol. The molecule has 0 aliphatic heterocycles. The summed E-state index contributed by atoms with van der Waals surface area (Å²) in [7, 11) is 0.